The van der Waals surface area contributed by atoms with Gasteiger partial charge in [0.1, 0.15) is 12.4 Å². The van der Waals surface area contributed by atoms with E-state index in [4.69, 9.17) is 9.47 Å². The number of carbonyl (C=O) groups is 1. The molecule has 2 N–H and O–H groups in total. The van der Waals surface area contributed by atoms with Gasteiger partial charge < -0.3 is 20.1 Å². The second-order valence-corrected chi connectivity index (χ2v) is 6.37. The van der Waals surface area contributed by atoms with Crippen LogP contribution in [0.2, 0.25) is 0 Å². The van der Waals surface area contributed by atoms with Crippen molar-refractivity contribution in [2.45, 2.75) is 31.8 Å². The molecule has 0 spiro atoms. The largest absolute Gasteiger partial charge is 0.491 e. The number of benzene rings is 1. The lowest BCUT2D eigenvalue weighted by molar-refractivity contribution is 0.0679. The average Bonchev–Trinajstić information content (AvgIpc) is 3.27. The van der Waals surface area contributed by atoms with Crippen molar-refractivity contribution < 1.29 is 14.3 Å². The molecule has 0 bridgehead atoms. The smallest absolute Gasteiger partial charge is 0.251 e. The third-order valence-electron chi connectivity index (χ3n) is 4.58. The van der Waals surface area contributed by atoms with Crippen molar-refractivity contribution in [1.29, 1.82) is 0 Å². The first kappa shape index (κ1) is 19.0. The molecule has 1 aromatic carbocycles. The number of hydrogen-bond acceptors (Lipinski definition) is 4. The number of ether oxygens (including phenoxy) is 2. The van der Waals surface area contributed by atoms with Crippen LogP contribution in [0, 0.1) is 5.92 Å². The van der Waals surface area contributed by atoms with E-state index < -0.39 is 0 Å². The van der Waals surface area contributed by atoms with E-state index in [0.717, 1.165) is 51.3 Å². The Labute approximate surface area is 149 Å². The number of halogens is 1. The summed E-state index contributed by atoms with van der Waals surface area (Å²) in [6, 6.07) is 7.34. The van der Waals surface area contributed by atoms with Crippen molar-refractivity contribution in [3.8, 4) is 5.75 Å². The lowest BCUT2D eigenvalue weighted by Crippen LogP contribution is -2.26. The van der Waals surface area contributed by atoms with Crippen molar-refractivity contribution in [2.75, 3.05) is 32.8 Å². The van der Waals surface area contributed by atoms with E-state index in [1.54, 1.807) is 0 Å². The van der Waals surface area contributed by atoms with Crippen molar-refractivity contribution in [3.05, 3.63) is 29.8 Å². The Kier molecular flexibility index (Phi) is 7.82. The minimum atomic E-state index is -0.0124. The normalized spacial score (nSPS) is 22.8. The maximum absolute atomic E-state index is 12.1. The van der Waals surface area contributed by atoms with E-state index in [2.05, 4.69) is 10.6 Å². The van der Waals surface area contributed by atoms with Gasteiger partial charge in [0, 0.05) is 18.7 Å². The quantitative estimate of drug-likeness (QED) is 0.789. The van der Waals surface area contributed by atoms with Crippen LogP contribution in [0.3, 0.4) is 0 Å². The molecule has 1 aromatic rings. The van der Waals surface area contributed by atoms with Gasteiger partial charge in [-0.1, -0.05) is 0 Å². The van der Waals surface area contributed by atoms with Crippen LogP contribution < -0.4 is 15.4 Å². The van der Waals surface area contributed by atoms with Gasteiger partial charge in [0.15, 0.2) is 0 Å². The summed E-state index contributed by atoms with van der Waals surface area (Å²) in [5.74, 6) is 1.47. The highest BCUT2D eigenvalue weighted by Gasteiger charge is 2.16. The van der Waals surface area contributed by atoms with E-state index >= 15 is 0 Å². The van der Waals surface area contributed by atoms with E-state index in [1.165, 1.54) is 6.42 Å². The number of amides is 1. The first-order valence-electron chi connectivity index (χ1n) is 8.64. The van der Waals surface area contributed by atoms with Crippen molar-refractivity contribution in [2.24, 2.45) is 5.92 Å². The number of hydrogen-bond donors (Lipinski definition) is 2. The van der Waals surface area contributed by atoms with Crippen LogP contribution in [0.25, 0.3) is 0 Å². The van der Waals surface area contributed by atoms with E-state index in [9.17, 15) is 4.79 Å². The molecule has 2 unspecified atom stereocenters. The van der Waals surface area contributed by atoms with Crippen molar-refractivity contribution >= 4 is 18.3 Å². The van der Waals surface area contributed by atoms with Crippen LogP contribution in [0.15, 0.2) is 24.3 Å². The molecule has 6 heteroatoms. The van der Waals surface area contributed by atoms with E-state index in [-0.39, 0.29) is 24.4 Å². The van der Waals surface area contributed by atoms with Gasteiger partial charge in [-0.3, -0.25) is 4.79 Å². The Bertz CT molecular complexity index is 497. The van der Waals surface area contributed by atoms with Gasteiger partial charge >= 0.3 is 0 Å². The summed E-state index contributed by atoms with van der Waals surface area (Å²) in [7, 11) is 0. The topological polar surface area (TPSA) is 59.6 Å². The summed E-state index contributed by atoms with van der Waals surface area (Å²) >= 11 is 0. The summed E-state index contributed by atoms with van der Waals surface area (Å²) in [5.41, 5.74) is 0.680. The van der Waals surface area contributed by atoms with Gasteiger partial charge in [-0.2, -0.15) is 0 Å². The highest BCUT2D eigenvalue weighted by atomic mass is 35.5. The number of rotatable bonds is 7. The molecule has 2 heterocycles. The zero-order valence-corrected chi connectivity index (χ0v) is 14.8. The fourth-order valence-corrected chi connectivity index (χ4v) is 3.12. The zero-order valence-electron chi connectivity index (χ0n) is 14.0. The highest BCUT2D eigenvalue weighted by Crippen LogP contribution is 2.17. The molecule has 0 radical (unpaired) electrons. The second-order valence-electron chi connectivity index (χ2n) is 6.37. The molecule has 2 atom stereocenters. The van der Waals surface area contributed by atoms with Gasteiger partial charge in [-0.05, 0) is 69.0 Å². The summed E-state index contributed by atoms with van der Waals surface area (Å²) in [6.07, 6.45) is 4.65. The van der Waals surface area contributed by atoms with Crippen molar-refractivity contribution in [1.82, 2.24) is 10.6 Å². The van der Waals surface area contributed by atoms with Gasteiger partial charge in [0.25, 0.3) is 5.91 Å². The van der Waals surface area contributed by atoms with Crippen LogP contribution in [0.5, 0.6) is 5.75 Å². The predicted molar refractivity (Wildman–Crippen MR) is 96.1 cm³/mol. The maximum atomic E-state index is 12.1. The first-order valence-corrected chi connectivity index (χ1v) is 8.64. The van der Waals surface area contributed by atoms with Gasteiger partial charge in [-0.25, -0.2) is 0 Å². The molecule has 0 aromatic heterocycles. The summed E-state index contributed by atoms with van der Waals surface area (Å²) < 4.78 is 11.2. The van der Waals surface area contributed by atoms with Gasteiger partial charge in [0.2, 0.25) is 0 Å². The van der Waals surface area contributed by atoms with E-state index in [0.29, 0.717) is 18.1 Å². The lowest BCUT2D eigenvalue weighted by Gasteiger charge is -2.12. The average molecular weight is 355 g/mol. The third kappa shape index (κ3) is 5.65. The predicted octanol–water partition coefficient (Wildman–Crippen LogP) is 2.40. The Hall–Kier alpha value is -1.30. The standard InChI is InChI=1S/C18H26N2O3.ClH/c21-18(20-10-8-14-7-9-19-12-14)15-3-5-16(6-4-15)23-13-17-2-1-11-22-17;/h3-6,14,17,19H,1-2,7-13H2,(H,20,21);1H. The second kappa shape index (κ2) is 9.87. The molecule has 5 nitrogen and oxygen atoms in total. The summed E-state index contributed by atoms with van der Waals surface area (Å²) in [4.78, 5) is 12.1. The Morgan fingerprint density at radius 1 is 1.29 bits per heavy atom. The van der Waals surface area contributed by atoms with Crippen molar-refractivity contribution in [3.63, 3.8) is 0 Å². The molecule has 2 fully saturated rings. The van der Waals surface area contributed by atoms with Crippen LogP contribution in [-0.2, 0) is 4.74 Å². The molecular weight excluding hydrogens is 328 g/mol. The van der Waals surface area contributed by atoms with Crippen LogP contribution in [0.1, 0.15) is 36.0 Å². The van der Waals surface area contributed by atoms with Crippen LogP contribution in [0.4, 0.5) is 0 Å². The van der Waals surface area contributed by atoms with Gasteiger partial charge in [0.05, 0.1) is 6.10 Å². The molecule has 2 saturated heterocycles. The van der Waals surface area contributed by atoms with E-state index in [1.807, 2.05) is 24.3 Å². The maximum Gasteiger partial charge on any atom is 0.251 e. The van der Waals surface area contributed by atoms with Gasteiger partial charge in [-0.15, -0.1) is 12.4 Å². The molecule has 0 saturated carbocycles. The first-order chi connectivity index (χ1) is 11.3. The monoisotopic (exact) mass is 354 g/mol. The van der Waals surface area contributed by atoms with Crippen LogP contribution in [-0.4, -0.2) is 44.9 Å². The third-order valence-corrected chi connectivity index (χ3v) is 4.58. The SMILES string of the molecule is Cl.O=C(NCCC1CCNC1)c1ccc(OCC2CCCO2)cc1. The minimum absolute atomic E-state index is 0. The fourth-order valence-electron chi connectivity index (χ4n) is 3.12. The molecule has 3 rings (SSSR count). The van der Waals surface area contributed by atoms with Crippen LogP contribution >= 0.6 is 12.4 Å². The molecule has 0 aliphatic carbocycles. The minimum Gasteiger partial charge on any atom is -0.491 e. The molecule has 2 aliphatic heterocycles. The lowest BCUT2D eigenvalue weighted by atomic mass is 10.1. The molecule has 134 valence electrons. The molecular formula is C18H27ClN2O3. The highest BCUT2D eigenvalue weighted by molar-refractivity contribution is 5.94. The number of carbonyl (C=O) groups excluding carboxylic acids is 1. The summed E-state index contributed by atoms with van der Waals surface area (Å²) in [5, 5.41) is 6.34. The molecule has 2 aliphatic rings. The Balaban J connectivity index is 0.00000208. The Morgan fingerprint density at radius 3 is 2.79 bits per heavy atom. The Morgan fingerprint density at radius 2 is 2.12 bits per heavy atom. The fraction of sp³-hybridized carbons (Fsp3) is 0.611. The number of nitrogens with one attached hydrogen (secondary N) is 2. The molecule has 1 amide bonds. The summed E-state index contributed by atoms with van der Waals surface area (Å²) in [6.45, 7) is 4.34. The zero-order chi connectivity index (χ0) is 15.9. The molecule has 24 heavy (non-hydrogen) atoms.